The molecular formula is C11H13F3N2. The van der Waals surface area contributed by atoms with E-state index in [9.17, 15) is 13.2 Å². The van der Waals surface area contributed by atoms with Gasteiger partial charge in [0.15, 0.2) is 0 Å². The fourth-order valence-corrected chi connectivity index (χ4v) is 1.91. The summed E-state index contributed by atoms with van der Waals surface area (Å²) in [5.74, 6) is 0. The average molecular weight is 230 g/mol. The van der Waals surface area contributed by atoms with Gasteiger partial charge in [-0.3, -0.25) is 0 Å². The SMILES string of the molecule is CC1CNc2ccccc2N1CC(F)(F)F. The van der Waals surface area contributed by atoms with E-state index in [2.05, 4.69) is 5.32 Å². The summed E-state index contributed by atoms with van der Waals surface area (Å²) in [5, 5.41) is 3.12. The van der Waals surface area contributed by atoms with Crippen molar-refractivity contribution in [2.45, 2.75) is 19.1 Å². The zero-order chi connectivity index (χ0) is 11.8. The number of rotatable bonds is 1. The number of hydrogen-bond acceptors (Lipinski definition) is 2. The number of nitrogens with zero attached hydrogens (tertiary/aromatic N) is 1. The van der Waals surface area contributed by atoms with Crippen LogP contribution in [0.25, 0.3) is 0 Å². The molecule has 88 valence electrons. The van der Waals surface area contributed by atoms with Crippen molar-refractivity contribution in [2.75, 3.05) is 23.3 Å². The molecule has 1 aliphatic rings. The Morgan fingerprint density at radius 1 is 1.38 bits per heavy atom. The molecule has 1 aromatic rings. The predicted octanol–water partition coefficient (Wildman–Crippen LogP) is 2.87. The first kappa shape index (κ1) is 11.1. The molecule has 0 radical (unpaired) electrons. The van der Waals surface area contributed by atoms with Gasteiger partial charge in [0.1, 0.15) is 6.54 Å². The van der Waals surface area contributed by atoms with Crippen LogP contribution in [0.4, 0.5) is 24.5 Å². The van der Waals surface area contributed by atoms with Crippen LogP contribution in [0.1, 0.15) is 6.92 Å². The Labute approximate surface area is 92.1 Å². The van der Waals surface area contributed by atoms with E-state index in [-0.39, 0.29) is 6.04 Å². The molecule has 1 atom stereocenters. The molecule has 2 rings (SSSR count). The molecular weight excluding hydrogens is 217 g/mol. The third kappa shape index (κ3) is 2.23. The highest BCUT2D eigenvalue weighted by molar-refractivity contribution is 5.72. The van der Waals surface area contributed by atoms with Crippen molar-refractivity contribution in [1.82, 2.24) is 0 Å². The largest absolute Gasteiger partial charge is 0.405 e. The highest BCUT2D eigenvalue weighted by Crippen LogP contribution is 2.33. The van der Waals surface area contributed by atoms with Gasteiger partial charge >= 0.3 is 6.18 Å². The Balaban J connectivity index is 2.30. The summed E-state index contributed by atoms with van der Waals surface area (Å²) in [5.41, 5.74) is 1.39. The van der Waals surface area contributed by atoms with Gasteiger partial charge in [0, 0.05) is 12.6 Å². The summed E-state index contributed by atoms with van der Waals surface area (Å²) >= 11 is 0. The van der Waals surface area contributed by atoms with Crippen LogP contribution in [-0.2, 0) is 0 Å². The number of hydrogen-bond donors (Lipinski definition) is 1. The minimum atomic E-state index is -4.17. The van der Waals surface area contributed by atoms with Crippen LogP contribution in [0.5, 0.6) is 0 Å². The van der Waals surface area contributed by atoms with Crippen LogP contribution < -0.4 is 10.2 Å². The third-order valence-corrected chi connectivity index (χ3v) is 2.68. The summed E-state index contributed by atoms with van der Waals surface area (Å²) in [4.78, 5) is 1.39. The lowest BCUT2D eigenvalue weighted by atomic mass is 10.1. The van der Waals surface area contributed by atoms with Crippen molar-refractivity contribution in [1.29, 1.82) is 0 Å². The van der Waals surface area contributed by atoms with Crippen molar-refractivity contribution in [3.05, 3.63) is 24.3 Å². The normalized spacial score (nSPS) is 20.2. The molecule has 1 aromatic carbocycles. The minimum Gasteiger partial charge on any atom is -0.381 e. The highest BCUT2D eigenvalue weighted by Gasteiger charge is 2.35. The van der Waals surface area contributed by atoms with Crippen LogP contribution >= 0.6 is 0 Å². The molecule has 16 heavy (non-hydrogen) atoms. The third-order valence-electron chi connectivity index (χ3n) is 2.68. The molecule has 1 N–H and O–H groups in total. The Hall–Kier alpha value is -1.39. The Kier molecular flexibility index (Phi) is 2.69. The van der Waals surface area contributed by atoms with Gasteiger partial charge in [-0.2, -0.15) is 13.2 Å². The van der Waals surface area contributed by atoms with E-state index in [1.165, 1.54) is 4.90 Å². The molecule has 1 unspecified atom stereocenters. The number of nitrogens with one attached hydrogen (secondary N) is 1. The molecule has 0 spiro atoms. The van der Waals surface area contributed by atoms with E-state index in [4.69, 9.17) is 0 Å². The number of alkyl halides is 3. The topological polar surface area (TPSA) is 15.3 Å². The first-order chi connectivity index (χ1) is 7.47. The van der Waals surface area contributed by atoms with Gasteiger partial charge < -0.3 is 10.2 Å². The minimum absolute atomic E-state index is 0.156. The van der Waals surface area contributed by atoms with Crippen molar-refractivity contribution in [3.8, 4) is 0 Å². The number of para-hydroxylation sites is 2. The van der Waals surface area contributed by atoms with E-state index in [0.717, 1.165) is 5.69 Å². The van der Waals surface area contributed by atoms with Gasteiger partial charge in [-0.05, 0) is 19.1 Å². The Bertz CT molecular complexity index is 376. The molecule has 0 saturated carbocycles. The lowest BCUT2D eigenvalue weighted by Crippen LogP contribution is -2.46. The van der Waals surface area contributed by atoms with Gasteiger partial charge in [0.25, 0.3) is 0 Å². The smallest absolute Gasteiger partial charge is 0.381 e. The number of fused-ring (bicyclic) bond motifs is 1. The quantitative estimate of drug-likeness (QED) is 0.798. The lowest BCUT2D eigenvalue weighted by Gasteiger charge is -2.37. The fraction of sp³-hybridized carbons (Fsp3) is 0.455. The average Bonchev–Trinajstić information content (AvgIpc) is 2.21. The van der Waals surface area contributed by atoms with Gasteiger partial charge in [-0.1, -0.05) is 12.1 Å². The predicted molar refractivity (Wildman–Crippen MR) is 57.8 cm³/mol. The van der Waals surface area contributed by atoms with Crippen LogP contribution in [-0.4, -0.2) is 25.3 Å². The second kappa shape index (κ2) is 3.88. The maximum absolute atomic E-state index is 12.4. The summed E-state index contributed by atoms with van der Waals surface area (Å²) in [6, 6.07) is 6.92. The maximum Gasteiger partial charge on any atom is 0.405 e. The zero-order valence-corrected chi connectivity index (χ0v) is 8.88. The van der Waals surface area contributed by atoms with Crippen molar-refractivity contribution in [2.24, 2.45) is 0 Å². The van der Waals surface area contributed by atoms with Crippen LogP contribution in [0, 0.1) is 0 Å². The number of benzene rings is 1. The molecule has 0 bridgehead atoms. The molecule has 2 nitrogen and oxygen atoms in total. The van der Waals surface area contributed by atoms with Crippen molar-refractivity contribution < 1.29 is 13.2 Å². The van der Waals surface area contributed by atoms with Gasteiger partial charge in [-0.15, -0.1) is 0 Å². The van der Waals surface area contributed by atoms with E-state index in [1.54, 1.807) is 25.1 Å². The number of anilines is 2. The fourth-order valence-electron chi connectivity index (χ4n) is 1.91. The van der Waals surface area contributed by atoms with Crippen molar-refractivity contribution in [3.63, 3.8) is 0 Å². The highest BCUT2D eigenvalue weighted by atomic mass is 19.4. The standard InChI is InChI=1S/C11H13F3N2/c1-8-6-15-9-4-2-3-5-10(9)16(8)7-11(12,13)14/h2-5,8,15H,6-7H2,1H3. The zero-order valence-electron chi connectivity index (χ0n) is 8.88. The Morgan fingerprint density at radius 3 is 2.75 bits per heavy atom. The monoisotopic (exact) mass is 230 g/mol. The molecule has 0 aromatic heterocycles. The van der Waals surface area contributed by atoms with Crippen molar-refractivity contribution >= 4 is 11.4 Å². The molecule has 0 fully saturated rings. The maximum atomic E-state index is 12.4. The molecule has 5 heteroatoms. The summed E-state index contributed by atoms with van der Waals surface area (Å²) in [7, 11) is 0. The van der Waals surface area contributed by atoms with Gasteiger partial charge in [0.2, 0.25) is 0 Å². The molecule has 1 aliphatic heterocycles. The molecule has 0 aliphatic carbocycles. The second-order valence-corrected chi connectivity index (χ2v) is 3.99. The van der Waals surface area contributed by atoms with Gasteiger partial charge in [0.05, 0.1) is 11.4 Å². The van der Waals surface area contributed by atoms with E-state index in [1.807, 2.05) is 6.07 Å². The second-order valence-electron chi connectivity index (χ2n) is 3.99. The van der Waals surface area contributed by atoms with E-state index < -0.39 is 12.7 Å². The van der Waals surface area contributed by atoms with Crippen LogP contribution in [0.2, 0.25) is 0 Å². The van der Waals surface area contributed by atoms with Crippen LogP contribution in [0.3, 0.4) is 0 Å². The number of halogens is 3. The lowest BCUT2D eigenvalue weighted by molar-refractivity contribution is -0.120. The van der Waals surface area contributed by atoms with Crippen LogP contribution in [0.15, 0.2) is 24.3 Å². The summed E-state index contributed by atoms with van der Waals surface area (Å²) in [6.45, 7) is 1.43. The molecule has 0 amide bonds. The van der Waals surface area contributed by atoms with Gasteiger partial charge in [-0.25, -0.2) is 0 Å². The first-order valence-electron chi connectivity index (χ1n) is 5.14. The van der Waals surface area contributed by atoms with E-state index >= 15 is 0 Å². The Morgan fingerprint density at radius 2 is 2.06 bits per heavy atom. The van der Waals surface area contributed by atoms with E-state index in [0.29, 0.717) is 12.2 Å². The first-order valence-corrected chi connectivity index (χ1v) is 5.14. The molecule has 1 heterocycles. The summed E-state index contributed by atoms with van der Waals surface area (Å²) in [6.07, 6.45) is -4.17. The summed E-state index contributed by atoms with van der Waals surface area (Å²) < 4.78 is 37.3. The molecule has 0 saturated heterocycles.